The van der Waals surface area contributed by atoms with Crippen LogP contribution in [0.4, 0.5) is 0 Å². The minimum absolute atomic E-state index is 0.00344. The Morgan fingerprint density at radius 2 is 1.87 bits per heavy atom. The molecule has 0 unspecified atom stereocenters. The monoisotopic (exact) mass is 557 g/mol. The van der Waals surface area contributed by atoms with Crippen molar-refractivity contribution < 1.29 is 27.5 Å². The number of aromatic nitrogens is 2. The Morgan fingerprint density at radius 1 is 1.15 bits per heavy atom. The topological polar surface area (TPSA) is 117 Å². The number of amides is 1. The van der Waals surface area contributed by atoms with Gasteiger partial charge in [0.15, 0.2) is 9.84 Å². The van der Waals surface area contributed by atoms with E-state index in [2.05, 4.69) is 5.32 Å². The molecule has 0 atom stereocenters. The standard InChI is InChI=1S/C29H39N3O6S/c1-2-24-26-25(19-29(20-30-27(26)33)13-17-37-18-14-29)32(31-24)15-5-6-16-38-28(34)21-9-11-23(12-10-21)39(35,36)22-7-3-4-8-22/h9-12,22H,2-8,13-20H2,1H3,(H,30,33). The highest BCUT2D eigenvalue weighted by molar-refractivity contribution is 7.92. The molecule has 3 heterocycles. The molecule has 212 valence electrons. The van der Waals surface area contributed by atoms with Gasteiger partial charge in [-0.25, -0.2) is 13.2 Å². The van der Waals surface area contributed by atoms with Crippen molar-refractivity contribution >= 4 is 21.7 Å². The number of benzene rings is 1. The molecule has 5 rings (SSSR count). The second kappa shape index (κ2) is 11.8. The van der Waals surface area contributed by atoms with Gasteiger partial charge in [0.1, 0.15) is 0 Å². The molecule has 2 fully saturated rings. The van der Waals surface area contributed by atoms with Crippen LogP contribution in [0.1, 0.15) is 90.4 Å². The van der Waals surface area contributed by atoms with Gasteiger partial charge >= 0.3 is 5.97 Å². The van der Waals surface area contributed by atoms with E-state index in [1.165, 1.54) is 24.3 Å². The molecule has 1 aromatic heterocycles. The predicted octanol–water partition coefficient (Wildman–Crippen LogP) is 3.88. The smallest absolute Gasteiger partial charge is 0.338 e. The summed E-state index contributed by atoms with van der Waals surface area (Å²) in [4.78, 5) is 25.8. The number of hydrogen-bond donors (Lipinski definition) is 1. The number of esters is 1. The molecule has 1 amide bonds. The van der Waals surface area contributed by atoms with Gasteiger partial charge in [-0.05, 0) is 81.0 Å². The van der Waals surface area contributed by atoms with Gasteiger partial charge in [-0.3, -0.25) is 9.48 Å². The van der Waals surface area contributed by atoms with Crippen LogP contribution in [0.3, 0.4) is 0 Å². The molecule has 1 N–H and O–H groups in total. The van der Waals surface area contributed by atoms with Gasteiger partial charge < -0.3 is 14.8 Å². The number of nitrogens with zero attached hydrogens (tertiary/aromatic N) is 2. The summed E-state index contributed by atoms with van der Waals surface area (Å²) in [6, 6.07) is 6.10. The van der Waals surface area contributed by atoms with Crippen molar-refractivity contribution in [3.8, 4) is 0 Å². The Bertz CT molecular complexity index is 1290. The molecule has 1 aliphatic carbocycles. The number of aryl methyl sites for hydroxylation is 2. The quantitative estimate of drug-likeness (QED) is 0.367. The predicted molar refractivity (Wildman–Crippen MR) is 146 cm³/mol. The summed E-state index contributed by atoms with van der Waals surface area (Å²) in [7, 11) is -3.35. The van der Waals surface area contributed by atoms with E-state index in [0.717, 1.165) is 55.5 Å². The third-order valence-electron chi connectivity index (χ3n) is 8.57. The minimum Gasteiger partial charge on any atom is -0.462 e. The van der Waals surface area contributed by atoms with Crippen molar-refractivity contribution in [3.05, 3.63) is 46.8 Å². The first-order chi connectivity index (χ1) is 18.8. The maximum atomic E-state index is 13.0. The molecule has 9 nitrogen and oxygen atoms in total. The first kappa shape index (κ1) is 27.8. The molecule has 0 bridgehead atoms. The molecule has 10 heteroatoms. The van der Waals surface area contributed by atoms with Crippen molar-refractivity contribution in [1.82, 2.24) is 15.1 Å². The van der Waals surface area contributed by atoms with Crippen LogP contribution in [0.5, 0.6) is 0 Å². The average Bonchev–Trinajstić information content (AvgIpc) is 3.59. The van der Waals surface area contributed by atoms with Crippen LogP contribution in [0, 0.1) is 5.41 Å². The Morgan fingerprint density at radius 3 is 2.56 bits per heavy atom. The van der Waals surface area contributed by atoms with Gasteiger partial charge in [-0.1, -0.05) is 19.8 Å². The Labute approximate surface area is 230 Å². The summed E-state index contributed by atoms with van der Waals surface area (Å²) in [6.45, 7) is 5.01. The largest absolute Gasteiger partial charge is 0.462 e. The van der Waals surface area contributed by atoms with Gasteiger partial charge in [0.2, 0.25) is 0 Å². The number of sulfone groups is 1. The fourth-order valence-corrected chi connectivity index (χ4v) is 8.00. The van der Waals surface area contributed by atoms with E-state index in [1.807, 2.05) is 11.6 Å². The number of carbonyl (C=O) groups is 2. The lowest BCUT2D eigenvalue weighted by molar-refractivity contribution is 0.0152. The molecule has 1 saturated heterocycles. The highest BCUT2D eigenvalue weighted by Gasteiger charge is 2.39. The number of fused-ring (bicyclic) bond motifs is 1. The van der Waals surface area contributed by atoms with Crippen LogP contribution in [0.2, 0.25) is 0 Å². The fraction of sp³-hybridized carbons (Fsp3) is 0.621. The molecule has 1 spiro atoms. The van der Waals surface area contributed by atoms with E-state index >= 15 is 0 Å². The van der Waals surface area contributed by atoms with Gasteiger partial charge in [-0.15, -0.1) is 0 Å². The van der Waals surface area contributed by atoms with Gasteiger partial charge in [0, 0.05) is 26.3 Å². The lowest BCUT2D eigenvalue weighted by Crippen LogP contribution is -2.40. The van der Waals surface area contributed by atoms with Crippen LogP contribution >= 0.6 is 0 Å². The Kier molecular flexibility index (Phi) is 8.42. The number of hydrogen-bond acceptors (Lipinski definition) is 7. The van der Waals surface area contributed by atoms with E-state index in [9.17, 15) is 18.0 Å². The lowest BCUT2D eigenvalue weighted by Gasteiger charge is -2.36. The van der Waals surface area contributed by atoms with Crippen LogP contribution in [0.25, 0.3) is 0 Å². The summed E-state index contributed by atoms with van der Waals surface area (Å²) >= 11 is 0. The summed E-state index contributed by atoms with van der Waals surface area (Å²) < 4.78 is 38.6. The molecule has 3 aliphatic rings. The van der Waals surface area contributed by atoms with Gasteiger partial charge in [0.25, 0.3) is 5.91 Å². The minimum atomic E-state index is -3.35. The zero-order valence-corrected chi connectivity index (χ0v) is 23.6. The maximum Gasteiger partial charge on any atom is 0.338 e. The summed E-state index contributed by atoms with van der Waals surface area (Å²) in [6.07, 6.45) is 8.04. The number of rotatable bonds is 9. The highest BCUT2D eigenvalue weighted by atomic mass is 32.2. The van der Waals surface area contributed by atoms with Gasteiger partial charge in [-0.2, -0.15) is 5.10 Å². The normalized spacial score (nSPS) is 19.5. The molecule has 1 saturated carbocycles. The first-order valence-electron chi connectivity index (χ1n) is 14.3. The SMILES string of the molecule is CCc1nn(CCCCOC(=O)c2ccc(S(=O)(=O)C3CCCC3)cc2)c2c1C(=O)NCC1(CCOCC1)C2. The van der Waals surface area contributed by atoms with Crippen LogP contribution in [-0.4, -0.2) is 61.7 Å². The second-order valence-corrected chi connectivity index (χ2v) is 13.4. The summed E-state index contributed by atoms with van der Waals surface area (Å²) in [5.41, 5.74) is 2.91. The van der Waals surface area contributed by atoms with E-state index in [0.29, 0.717) is 57.6 Å². The molecule has 39 heavy (non-hydrogen) atoms. The van der Waals surface area contributed by atoms with E-state index in [1.54, 1.807) is 0 Å². The van der Waals surface area contributed by atoms with Crippen molar-refractivity contribution in [2.75, 3.05) is 26.4 Å². The molecular formula is C29H39N3O6S. The fourth-order valence-electron chi connectivity index (χ4n) is 6.14. The highest BCUT2D eigenvalue weighted by Crippen LogP contribution is 2.37. The van der Waals surface area contributed by atoms with Crippen molar-refractivity contribution in [2.45, 2.75) is 87.8 Å². The molecule has 1 aromatic carbocycles. The summed E-state index contributed by atoms with van der Waals surface area (Å²) in [5.74, 6) is -0.494. The molecule has 2 aromatic rings. The number of nitrogens with one attached hydrogen (secondary N) is 1. The molecule has 2 aliphatic heterocycles. The van der Waals surface area contributed by atoms with Crippen molar-refractivity contribution in [1.29, 1.82) is 0 Å². The number of carbonyl (C=O) groups excluding carboxylic acids is 2. The molecular weight excluding hydrogens is 518 g/mol. The van der Waals surface area contributed by atoms with Crippen molar-refractivity contribution in [2.24, 2.45) is 5.41 Å². The van der Waals surface area contributed by atoms with Crippen LogP contribution in [-0.2, 0) is 38.7 Å². The number of unbranched alkanes of at least 4 members (excludes halogenated alkanes) is 1. The van der Waals surface area contributed by atoms with Gasteiger partial charge in [0.05, 0.1) is 39.3 Å². The van der Waals surface area contributed by atoms with Crippen LogP contribution in [0.15, 0.2) is 29.2 Å². The first-order valence-corrected chi connectivity index (χ1v) is 15.8. The third-order valence-corrected chi connectivity index (χ3v) is 10.8. The van der Waals surface area contributed by atoms with Crippen molar-refractivity contribution in [3.63, 3.8) is 0 Å². The zero-order chi connectivity index (χ0) is 27.5. The van der Waals surface area contributed by atoms with E-state index in [4.69, 9.17) is 14.6 Å². The third kappa shape index (κ3) is 5.91. The Hall–Kier alpha value is -2.72. The van der Waals surface area contributed by atoms with E-state index in [-0.39, 0.29) is 28.1 Å². The number of ether oxygens (including phenoxy) is 2. The second-order valence-electron chi connectivity index (χ2n) is 11.1. The maximum absolute atomic E-state index is 13.0. The summed E-state index contributed by atoms with van der Waals surface area (Å²) in [5, 5.41) is 7.61. The molecule has 0 radical (unpaired) electrons. The van der Waals surface area contributed by atoms with Crippen LogP contribution < -0.4 is 5.32 Å². The Balaban J connectivity index is 1.16. The van der Waals surface area contributed by atoms with E-state index < -0.39 is 15.8 Å². The average molecular weight is 558 g/mol. The zero-order valence-electron chi connectivity index (χ0n) is 22.7. The lowest BCUT2D eigenvalue weighted by atomic mass is 9.76.